The smallest absolute Gasteiger partial charge is 0.307 e. The summed E-state index contributed by atoms with van der Waals surface area (Å²) in [5.41, 5.74) is 0.867. The minimum Gasteiger partial charge on any atom is -0.504 e. The lowest BCUT2D eigenvalue weighted by molar-refractivity contribution is -0.141. The minimum atomic E-state index is -0.749. The molecule has 0 bridgehead atoms. The highest BCUT2D eigenvalue weighted by molar-refractivity contribution is 5.70. The monoisotopic (exact) mass is 237 g/mol. The van der Waals surface area contributed by atoms with E-state index in [0.717, 1.165) is 12.1 Å². The van der Waals surface area contributed by atoms with Crippen LogP contribution in [0.4, 0.5) is 0 Å². The van der Waals surface area contributed by atoms with Crippen molar-refractivity contribution >= 4 is 5.97 Å². The summed E-state index contributed by atoms with van der Waals surface area (Å²) in [6.07, 6.45) is 0.666. The number of benzene rings is 1. The molecule has 1 saturated heterocycles. The fourth-order valence-electron chi connectivity index (χ4n) is 2.10. The molecule has 5 nitrogen and oxygen atoms in total. The van der Waals surface area contributed by atoms with Gasteiger partial charge in [-0.25, -0.2) is 0 Å². The molecule has 92 valence electrons. The largest absolute Gasteiger partial charge is 0.504 e. The molecule has 1 atom stereocenters. The average molecular weight is 237 g/mol. The van der Waals surface area contributed by atoms with Crippen LogP contribution in [0.2, 0.25) is 0 Å². The number of phenolic OH excluding ortho intramolecular Hbond substituents is 2. The normalized spacial score (nSPS) is 20.6. The predicted octanol–water partition coefficient (Wildman–Crippen LogP) is 1.00. The number of carboxylic acids is 1. The lowest BCUT2D eigenvalue weighted by Crippen LogP contribution is -2.22. The zero-order valence-corrected chi connectivity index (χ0v) is 9.33. The maximum absolute atomic E-state index is 10.8. The van der Waals surface area contributed by atoms with Crippen molar-refractivity contribution in [1.82, 2.24) is 4.90 Å². The first-order valence-electron chi connectivity index (χ1n) is 5.52. The number of rotatable bonds is 3. The van der Waals surface area contributed by atoms with Crippen LogP contribution in [0, 0.1) is 5.92 Å². The molecule has 5 heteroatoms. The molecule has 1 aliphatic rings. The molecule has 0 saturated carbocycles. The van der Waals surface area contributed by atoms with Crippen molar-refractivity contribution in [1.29, 1.82) is 0 Å². The lowest BCUT2D eigenvalue weighted by atomic mass is 10.1. The van der Waals surface area contributed by atoms with Gasteiger partial charge in [0.15, 0.2) is 11.5 Å². The van der Waals surface area contributed by atoms with Gasteiger partial charge >= 0.3 is 5.97 Å². The second kappa shape index (κ2) is 4.63. The Morgan fingerprint density at radius 3 is 2.71 bits per heavy atom. The van der Waals surface area contributed by atoms with Gasteiger partial charge in [0, 0.05) is 13.1 Å². The van der Waals surface area contributed by atoms with E-state index in [2.05, 4.69) is 0 Å². The Labute approximate surface area is 98.9 Å². The van der Waals surface area contributed by atoms with Crippen molar-refractivity contribution in [3.05, 3.63) is 23.8 Å². The Balaban J connectivity index is 1.98. The SMILES string of the molecule is O=C(O)C1CCN(Cc2ccc(O)c(O)c2)C1. The molecule has 2 rings (SSSR count). The van der Waals surface area contributed by atoms with Crippen LogP contribution in [0.3, 0.4) is 0 Å². The summed E-state index contributed by atoms with van der Waals surface area (Å²) in [5, 5.41) is 27.4. The number of hydrogen-bond donors (Lipinski definition) is 3. The summed E-state index contributed by atoms with van der Waals surface area (Å²) in [4.78, 5) is 12.8. The summed E-state index contributed by atoms with van der Waals surface area (Å²) < 4.78 is 0. The van der Waals surface area contributed by atoms with E-state index in [1.54, 1.807) is 6.07 Å². The van der Waals surface area contributed by atoms with Crippen molar-refractivity contribution in [3.63, 3.8) is 0 Å². The Kier molecular flexibility index (Phi) is 3.19. The van der Waals surface area contributed by atoms with Crippen LogP contribution in [-0.4, -0.2) is 39.3 Å². The van der Waals surface area contributed by atoms with Gasteiger partial charge in [0.1, 0.15) is 0 Å². The minimum absolute atomic E-state index is 0.140. The summed E-state index contributed by atoms with van der Waals surface area (Å²) in [6.45, 7) is 1.88. The van der Waals surface area contributed by atoms with Gasteiger partial charge in [-0.15, -0.1) is 0 Å². The van der Waals surface area contributed by atoms with Crippen LogP contribution in [0.15, 0.2) is 18.2 Å². The lowest BCUT2D eigenvalue weighted by Gasteiger charge is -2.15. The first kappa shape index (κ1) is 11.7. The van der Waals surface area contributed by atoms with Crippen LogP contribution in [0.1, 0.15) is 12.0 Å². The standard InChI is InChI=1S/C12H15NO4/c14-10-2-1-8(5-11(10)15)6-13-4-3-9(7-13)12(16)17/h1-2,5,9,14-15H,3-4,6-7H2,(H,16,17). The molecule has 1 aromatic carbocycles. The Morgan fingerprint density at radius 2 is 2.12 bits per heavy atom. The predicted molar refractivity (Wildman–Crippen MR) is 60.8 cm³/mol. The highest BCUT2D eigenvalue weighted by Crippen LogP contribution is 2.26. The van der Waals surface area contributed by atoms with Crippen LogP contribution in [0.5, 0.6) is 11.5 Å². The third-order valence-electron chi connectivity index (χ3n) is 3.07. The zero-order valence-electron chi connectivity index (χ0n) is 9.33. The summed E-state index contributed by atoms with van der Waals surface area (Å²) in [5.74, 6) is -1.32. The van der Waals surface area contributed by atoms with Crippen LogP contribution < -0.4 is 0 Å². The molecule has 1 heterocycles. The van der Waals surface area contributed by atoms with E-state index < -0.39 is 5.97 Å². The average Bonchev–Trinajstić information content (AvgIpc) is 2.72. The van der Waals surface area contributed by atoms with E-state index in [0.29, 0.717) is 19.5 Å². The summed E-state index contributed by atoms with van der Waals surface area (Å²) in [6, 6.07) is 4.67. The number of likely N-dealkylation sites (tertiary alicyclic amines) is 1. The van der Waals surface area contributed by atoms with E-state index in [-0.39, 0.29) is 17.4 Å². The second-order valence-corrected chi connectivity index (χ2v) is 4.38. The van der Waals surface area contributed by atoms with Gasteiger partial charge in [-0.05, 0) is 30.7 Å². The topological polar surface area (TPSA) is 81.0 Å². The number of nitrogens with zero attached hydrogens (tertiary/aromatic N) is 1. The van der Waals surface area contributed by atoms with Crippen molar-refractivity contribution in [2.45, 2.75) is 13.0 Å². The number of carboxylic acid groups (broad SMARTS) is 1. The van der Waals surface area contributed by atoms with E-state index in [1.807, 2.05) is 4.90 Å². The van der Waals surface area contributed by atoms with Gasteiger partial charge < -0.3 is 15.3 Å². The number of carbonyl (C=O) groups is 1. The highest BCUT2D eigenvalue weighted by Gasteiger charge is 2.27. The third kappa shape index (κ3) is 2.68. The van der Waals surface area contributed by atoms with Crippen molar-refractivity contribution in [2.24, 2.45) is 5.92 Å². The second-order valence-electron chi connectivity index (χ2n) is 4.38. The van der Waals surface area contributed by atoms with Gasteiger partial charge in [-0.3, -0.25) is 9.69 Å². The first-order chi connectivity index (χ1) is 8.06. The fraction of sp³-hybridized carbons (Fsp3) is 0.417. The molecule has 1 aliphatic heterocycles. The van der Waals surface area contributed by atoms with E-state index in [9.17, 15) is 15.0 Å². The quantitative estimate of drug-likeness (QED) is 0.683. The van der Waals surface area contributed by atoms with Gasteiger partial charge in [-0.2, -0.15) is 0 Å². The third-order valence-corrected chi connectivity index (χ3v) is 3.07. The first-order valence-corrected chi connectivity index (χ1v) is 5.52. The van der Waals surface area contributed by atoms with Gasteiger partial charge in [0.05, 0.1) is 5.92 Å². The molecular formula is C12H15NO4. The number of aliphatic carboxylic acids is 1. The number of aromatic hydroxyl groups is 2. The van der Waals surface area contributed by atoms with Crippen LogP contribution >= 0.6 is 0 Å². The summed E-state index contributed by atoms with van der Waals surface area (Å²) in [7, 11) is 0. The molecule has 0 aliphatic carbocycles. The van der Waals surface area contributed by atoms with Crippen molar-refractivity contribution in [3.8, 4) is 11.5 Å². The van der Waals surface area contributed by atoms with Crippen LogP contribution in [-0.2, 0) is 11.3 Å². The zero-order chi connectivity index (χ0) is 12.4. The molecule has 0 radical (unpaired) electrons. The summed E-state index contributed by atoms with van der Waals surface area (Å²) >= 11 is 0. The fourth-order valence-corrected chi connectivity index (χ4v) is 2.10. The Morgan fingerprint density at radius 1 is 1.35 bits per heavy atom. The van der Waals surface area contributed by atoms with E-state index in [1.165, 1.54) is 12.1 Å². The number of hydrogen-bond acceptors (Lipinski definition) is 4. The maximum Gasteiger partial charge on any atom is 0.307 e. The molecule has 3 N–H and O–H groups in total. The molecular weight excluding hydrogens is 222 g/mol. The van der Waals surface area contributed by atoms with Crippen LogP contribution in [0.25, 0.3) is 0 Å². The van der Waals surface area contributed by atoms with Gasteiger partial charge in [0.2, 0.25) is 0 Å². The molecule has 17 heavy (non-hydrogen) atoms. The highest BCUT2D eigenvalue weighted by atomic mass is 16.4. The van der Waals surface area contributed by atoms with Crippen molar-refractivity contribution in [2.75, 3.05) is 13.1 Å². The molecule has 0 spiro atoms. The maximum atomic E-state index is 10.8. The molecule has 1 aromatic rings. The Bertz CT molecular complexity index is 433. The molecule has 1 fully saturated rings. The molecule has 1 unspecified atom stereocenters. The number of phenols is 2. The molecule has 0 amide bonds. The Hall–Kier alpha value is -1.75. The van der Waals surface area contributed by atoms with E-state index in [4.69, 9.17) is 5.11 Å². The van der Waals surface area contributed by atoms with Crippen molar-refractivity contribution < 1.29 is 20.1 Å². The van der Waals surface area contributed by atoms with Gasteiger partial charge in [0.25, 0.3) is 0 Å². The molecule has 0 aromatic heterocycles. The van der Waals surface area contributed by atoms with E-state index >= 15 is 0 Å². The van der Waals surface area contributed by atoms with Gasteiger partial charge in [-0.1, -0.05) is 6.07 Å².